The first kappa shape index (κ1) is 13.9. The first-order chi connectivity index (χ1) is 7.10. The smallest absolute Gasteiger partial charge is 0.222 e. The Morgan fingerprint density at radius 2 is 2.07 bits per heavy atom. The van der Waals surface area contributed by atoms with E-state index in [1.54, 1.807) is 0 Å². The molecule has 0 aromatic rings. The van der Waals surface area contributed by atoms with E-state index in [-0.39, 0.29) is 11.9 Å². The van der Waals surface area contributed by atoms with Crippen molar-refractivity contribution < 1.29 is 4.79 Å². The maximum absolute atomic E-state index is 11.3. The van der Waals surface area contributed by atoms with Crippen molar-refractivity contribution in [1.82, 2.24) is 5.32 Å². The molecule has 0 saturated heterocycles. The van der Waals surface area contributed by atoms with Crippen LogP contribution in [-0.4, -0.2) is 24.3 Å². The van der Waals surface area contributed by atoms with E-state index in [9.17, 15) is 4.79 Å². The highest BCUT2D eigenvalue weighted by molar-refractivity contribution is 5.81. The highest BCUT2D eigenvalue weighted by Gasteiger charge is 2.04. The van der Waals surface area contributed by atoms with Gasteiger partial charge in [-0.2, -0.15) is 0 Å². The molecular formula is C11H23N3O. The molecule has 4 heteroatoms. The molecule has 0 heterocycles. The number of amidine groups is 1. The topological polar surface area (TPSA) is 67.5 Å². The highest BCUT2D eigenvalue weighted by atomic mass is 16.1. The van der Waals surface area contributed by atoms with Gasteiger partial charge in [-0.05, 0) is 19.8 Å². The zero-order valence-corrected chi connectivity index (χ0v) is 10.0. The molecule has 0 aromatic carbocycles. The third kappa shape index (κ3) is 7.97. The Labute approximate surface area is 92.3 Å². The third-order valence-electron chi connectivity index (χ3n) is 2.18. The SMILES string of the molecule is CCCC(N)=NCCC(=O)NC(C)CC. The van der Waals surface area contributed by atoms with E-state index < -0.39 is 0 Å². The summed E-state index contributed by atoms with van der Waals surface area (Å²) in [5.74, 6) is 0.700. The minimum atomic E-state index is 0.0531. The lowest BCUT2D eigenvalue weighted by Crippen LogP contribution is -2.32. The average molecular weight is 213 g/mol. The van der Waals surface area contributed by atoms with Gasteiger partial charge in [0.15, 0.2) is 0 Å². The zero-order chi connectivity index (χ0) is 11.7. The molecule has 0 aliphatic rings. The van der Waals surface area contributed by atoms with Crippen molar-refractivity contribution in [1.29, 1.82) is 0 Å². The summed E-state index contributed by atoms with van der Waals surface area (Å²) in [6.07, 6.45) is 3.18. The monoisotopic (exact) mass is 213 g/mol. The van der Waals surface area contributed by atoms with Gasteiger partial charge in [0.25, 0.3) is 0 Å². The van der Waals surface area contributed by atoms with E-state index in [1.807, 2.05) is 13.8 Å². The molecule has 0 aliphatic carbocycles. The van der Waals surface area contributed by atoms with Crippen molar-refractivity contribution in [3.63, 3.8) is 0 Å². The van der Waals surface area contributed by atoms with Crippen molar-refractivity contribution >= 4 is 11.7 Å². The number of nitrogens with two attached hydrogens (primary N) is 1. The molecule has 0 fully saturated rings. The second kappa shape index (κ2) is 8.26. The lowest BCUT2D eigenvalue weighted by molar-refractivity contribution is -0.121. The lowest BCUT2D eigenvalue weighted by atomic mass is 10.2. The summed E-state index contributed by atoms with van der Waals surface area (Å²) in [6, 6.07) is 0.245. The quantitative estimate of drug-likeness (QED) is 0.496. The molecule has 0 aliphatic heterocycles. The molecule has 0 spiro atoms. The Bertz CT molecular complexity index is 214. The number of rotatable bonds is 7. The van der Waals surface area contributed by atoms with E-state index in [0.29, 0.717) is 18.8 Å². The van der Waals surface area contributed by atoms with E-state index >= 15 is 0 Å². The number of hydrogen-bond acceptors (Lipinski definition) is 2. The van der Waals surface area contributed by atoms with Crippen LogP contribution in [0.4, 0.5) is 0 Å². The minimum absolute atomic E-state index is 0.0531. The number of nitrogens with one attached hydrogen (secondary N) is 1. The predicted molar refractivity (Wildman–Crippen MR) is 63.9 cm³/mol. The fraction of sp³-hybridized carbons (Fsp3) is 0.818. The molecule has 88 valence electrons. The average Bonchev–Trinajstić information content (AvgIpc) is 2.18. The molecule has 15 heavy (non-hydrogen) atoms. The molecule has 0 rings (SSSR count). The molecule has 0 aromatic heterocycles. The first-order valence-corrected chi connectivity index (χ1v) is 5.68. The van der Waals surface area contributed by atoms with Gasteiger partial charge in [-0.1, -0.05) is 13.8 Å². The summed E-state index contributed by atoms with van der Waals surface area (Å²) < 4.78 is 0. The van der Waals surface area contributed by atoms with Crippen molar-refractivity contribution in [2.45, 2.75) is 52.5 Å². The van der Waals surface area contributed by atoms with Crippen molar-refractivity contribution in [2.75, 3.05) is 6.54 Å². The van der Waals surface area contributed by atoms with Crippen LogP contribution in [0, 0.1) is 0 Å². The molecule has 1 atom stereocenters. The van der Waals surface area contributed by atoms with Crippen LogP contribution in [-0.2, 0) is 4.79 Å². The van der Waals surface area contributed by atoms with Gasteiger partial charge in [0.1, 0.15) is 0 Å². The maximum Gasteiger partial charge on any atom is 0.222 e. The number of amides is 1. The molecule has 0 saturated carbocycles. The standard InChI is InChI=1S/C11H23N3O/c1-4-6-10(12)13-8-7-11(15)14-9(3)5-2/h9H,4-8H2,1-3H3,(H2,12,13)(H,14,15). The second-order valence-corrected chi connectivity index (χ2v) is 3.75. The van der Waals surface area contributed by atoms with Crippen molar-refractivity contribution in [3.8, 4) is 0 Å². The molecule has 1 unspecified atom stereocenters. The number of nitrogens with zero attached hydrogens (tertiary/aromatic N) is 1. The van der Waals surface area contributed by atoms with Crippen LogP contribution in [0.3, 0.4) is 0 Å². The Morgan fingerprint density at radius 3 is 2.60 bits per heavy atom. The summed E-state index contributed by atoms with van der Waals surface area (Å²) in [6.45, 7) is 6.58. The van der Waals surface area contributed by atoms with Gasteiger partial charge in [0.2, 0.25) is 5.91 Å². The summed E-state index contributed by atoms with van der Waals surface area (Å²) in [4.78, 5) is 15.5. The van der Waals surface area contributed by atoms with Crippen LogP contribution in [0.5, 0.6) is 0 Å². The Hall–Kier alpha value is -1.06. The number of hydrogen-bond donors (Lipinski definition) is 2. The van der Waals surface area contributed by atoms with Gasteiger partial charge >= 0.3 is 0 Å². The second-order valence-electron chi connectivity index (χ2n) is 3.75. The largest absolute Gasteiger partial charge is 0.387 e. The summed E-state index contributed by atoms with van der Waals surface area (Å²) in [7, 11) is 0. The van der Waals surface area contributed by atoms with Gasteiger partial charge in [-0.3, -0.25) is 9.79 Å². The Balaban J connectivity index is 3.67. The predicted octanol–water partition coefficient (Wildman–Crippen LogP) is 1.45. The van der Waals surface area contributed by atoms with Crippen LogP contribution < -0.4 is 11.1 Å². The Kier molecular flexibility index (Phi) is 7.68. The highest BCUT2D eigenvalue weighted by Crippen LogP contribution is 1.92. The van der Waals surface area contributed by atoms with Crippen LogP contribution in [0.2, 0.25) is 0 Å². The van der Waals surface area contributed by atoms with Crippen LogP contribution in [0.25, 0.3) is 0 Å². The van der Waals surface area contributed by atoms with Crippen molar-refractivity contribution in [2.24, 2.45) is 10.7 Å². The summed E-state index contributed by atoms with van der Waals surface area (Å²) >= 11 is 0. The summed E-state index contributed by atoms with van der Waals surface area (Å²) in [5, 5.41) is 2.89. The van der Waals surface area contributed by atoms with Gasteiger partial charge in [-0.25, -0.2) is 0 Å². The fourth-order valence-electron chi connectivity index (χ4n) is 1.09. The normalized spacial score (nSPS) is 13.7. The lowest BCUT2D eigenvalue weighted by Gasteiger charge is -2.10. The van der Waals surface area contributed by atoms with E-state index in [0.717, 1.165) is 19.3 Å². The zero-order valence-electron chi connectivity index (χ0n) is 10.0. The third-order valence-corrected chi connectivity index (χ3v) is 2.18. The van der Waals surface area contributed by atoms with Gasteiger partial charge in [-0.15, -0.1) is 0 Å². The van der Waals surface area contributed by atoms with Crippen LogP contribution in [0.1, 0.15) is 46.5 Å². The summed E-state index contributed by atoms with van der Waals surface area (Å²) in [5.41, 5.74) is 5.62. The fourth-order valence-corrected chi connectivity index (χ4v) is 1.09. The molecular weight excluding hydrogens is 190 g/mol. The maximum atomic E-state index is 11.3. The van der Waals surface area contributed by atoms with Gasteiger partial charge in [0, 0.05) is 25.4 Å². The Morgan fingerprint density at radius 1 is 1.40 bits per heavy atom. The number of carbonyl (C=O) groups excluding carboxylic acids is 1. The van der Waals surface area contributed by atoms with Gasteiger partial charge < -0.3 is 11.1 Å². The van der Waals surface area contributed by atoms with Crippen LogP contribution >= 0.6 is 0 Å². The molecule has 0 radical (unpaired) electrons. The van der Waals surface area contributed by atoms with E-state index in [2.05, 4.69) is 17.2 Å². The van der Waals surface area contributed by atoms with Gasteiger partial charge in [0.05, 0.1) is 5.84 Å². The van der Waals surface area contributed by atoms with E-state index in [1.165, 1.54) is 0 Å². The minimum Gasteiger partial charge on any atom is -0.387 e. The molecule has 0 bridgehead atoms. The molecule has 1 amide bonds. The molecule has 3 N–H and O–H groups in total. The van der Waals surface area contributed by atoms with E-state index in [4.69, 9.17) is 5.73 Å². The number of carbonyl (C=O) groups is 1. The molecule has 4 nitrogen and oxygen atoms in total. The van der Waals surface area contributed by atoms with Crippen LogP contribution in [0.15, 0.2) is 4.99 Å². The van der Waals surface area contributed by atoms with Crippen molar-refractivity contribution in [3.05, 3.63) is 0 Å². The number of aliphatic imine (C=N–C) groups is 1. The first-order valence-electron chi connectivity index (χ1n) is 5.68.